The summed E-state index contributed by atoms with van der Waals surface area (Å²) < 4.78 is 26.0. The zero-order valence-electron chi connectivity index (χ0n) is 18.2. The highest BCUT2D eigenvalue weighted by Gasteiger charge is 2.20. The van der Waals surface area contributed by atoms with E-state index in [1.807, 2.05) is 65.0 Å². The van der Waals surface area contributed by atoms with Crippen molar-refractivity contribution in [1.82, 2.24) is 5.32 Å². The first-order valence-electron chi connectivity index (χ1n) is 9.91. The van der Waals surface area contributed by atoms with Crippen molar-refractivity contribution >= 4 is 21.6 Å². The highest BCUT2D eigenvalue weighted by atomic mass is 32.2. The Kier molecular flexibility index (Phi) is 7.47. The molecule has 0 fully saturated rings. The van der Waals surface area contributed by atoms with Gasteiger partial charge in [-0.25, -0.2) is 8.42 Å². The lowest BCUT2D eigenvalue weighted by molar-refractivity contribution is -0.121. The molecule has 1 atom stereocenters. The molecule has 0 radical (unpaired) electrons. The van der Waals surface area contributed by atoms with Gasteiger partial charge in [0.1, 0.15) is 0 Å². The molecule has 0 saturated carbocycles. The molecular formula is C23H32N2O3S. The smallest absolute Gasteiger partial charge is 0.232 e. The summed E-state index contributed by atoms with van der Waals surface area (Å²) in [7, 11) is -3.43. The Hall–Kier alpha value is -2.34. The number of sulfonamides is 1. The Morgan fingerprint density at radius 3 is 2.38 bits per heavy atom. The number of carbonyl (C=O) groups is 1. The predicted molar refractivity (Wildman–Crippen MR) is 120 cm³/mol. The molecule has 2 rings (SSSR count). The highest BCUT2D eigenvalue weighted by molar-refractivity contribution is 7.92. The molecule has 0 aliphatic carbocycles. The van der Waals surface area contributed by atoms with Gasteiger partial charge in [-0.05, 0) is 69.4 Å². The molecule has 2 aromatic rings. The number of nitrogens with one attached hydrogen (secondary N) is 1. The van der Waals surface area contributed by atoms with Crippen LogP contribution in [-0.4, -0.2) is 27.1 Å². The van der Waals surface area contributed by atoms with Gasteiger partial charge < -0.3 is 5.32 Å². The molecule has 0 aliphatic rings. The lowest BCUT2D eigenvalue weighted by Crippen LogP contribution is -2.33. The summed E-state index contributed by atoms with van der Waals surface area (Å²) in [4.78, 5) is 12.4. The normalized spacial score (nSPS) is 12.5. The minimum Gasteiger partial charge on any atom is -0.350 e. The molecule has 0 saturated heterocycles. The van der Waals surface area contributed by atoms with Crippen LogP contribution in [0.2, 0.25) is 0 Å². The average molecular weight is 417 g/mol. The first-order valence-corrected chi connectivity index (χ1v) is 11.8. The molecule has 0 spiro atoms. The number of nitrogens with zero attached hydrogens (tertiary/aromatic N) is 1. The van der Waals surface area contributed by atoms with Gasteiger partial charge in [-0.2, -0.15) is 0 Å². The number of benzene rings is 2. The Balaban J connectivity index is 2.00. The van der Waals surface area contributed by atoms with Crippen LogP contribution < -0.4 is 9.62 Å². The highest BCUT2D eigenvalue weighted by Crippen LogP contribution is 2.25. The van der Waals surface area contributed by atoms with Gasteiger partial charge in [-0.1, -0.05) is 35.9 Å². The van der Waals surface area contributed by atoms with Gasteiger partial charge in [0.25, 0.3) is 0 Å². The topological polar surface area (TPSA) is 66.5 Å². The van der Waals surface area contributed by atoms with E-state index in [9.17, 15) is 13.2 Å². The summed E-state index contributed by atoms with van der Waals surface area (Å²) >= 11 is 0. The third-order valence-corrected chi connectivity index (χ3v) is 6.46. The second-order valence-corrected chi connectivity index (χ2v) is 9.71. The number of hydrogen-bond donors (Lipinski definition) is 1. The quantitative estimate of drug-likeness (QED) is 0.696. The first-order chi connectivity index (χ1) is 13.5. The number of amides is 1. The molecular weight excluding hydrogens is 384 g/mol. The molecule has 158 valence electrons. The van der Waals surface area contributed by atoms with Crippen LogP contribution >= 0.6 is 0 Å². The largest absolute Gasteiger partial charge is 0.350 e. The standard InChI is InChI=1S/C23H32N2O3S/c1-16-12-13-21(18(3)15-16)20(5)24-23(26)11-8-14-25(29(6,27)28)22-10-7-9-17(2)19(22)4/h7,9-10,12-13,15,20H,8,11,14H2,1-6H3,(H,24,26)/t20-/m0/s1. The second kappa shape index (κ2) is 9.44. The van der Waals surface area contributed by atoms with E-state index in [-0.39, 0.29) is 24.9 Å². The number of rotatable bonds is 8. The second-order valence-electron chi connectivity index (χ2n) is 7.81. The summed E-state index contributed by atoms with van der Waals surface area (Å²) in [6.07, 6.45) is 1.93. The van der Waals surface area contributed by atoms with E-state index in [1.54, 1.807) is 0 Å². The zero-order chi connectivity index (χ0) is 21.8. The molecule has 0 heterocycles. The van der Waals surface area contributed by atoms with Crippen LogP contribution in [0.3, 0.4) is 0 Å². The summed E-state index contributed by atoms with van der Waals surface area (Å²) in [6, 6.07) is 11.7. The van der Waals surface area contributed by atoms with Crippen molar-refractivity contribution in [3.63, 3.8) is 0 Å². The van der Waals surface area contributed by atoms with Gasteiger partial charge in [0.15, 0.2) is 0 Å². The van der Waals surface area contributed by atoms with Crippen molar-refractivity contribution in [3.05, 3.63) is 64.2 Å². The Bertz CT molecular complexity index is 984. The van der Waals surface area contributed by atoms with Crippen LogP contribution in [0.25, 0.3) is 0 Å². The summed E-state index contributed by atoms with van der Waals surface area (Å²) in [6.45, 7) is 10.2. The third kappa shape index (κ3) is 6.07. The number of carbonyl (C=O) groups excluding carboxylic acids is 1. The Morgan fingerprint density at radius 1 is 1.07 bits per heavy atom. The lowest BCUT2D eigenvalue weighted by Gasteiger charge is -2.25. The van der Waals surface area contributed by atoms with Crippen LogP contribution in [-0.2, 0) is 14.8 Å². The van der Waals surface area contributed by atoms with Crippen molar-refractivity contribution in [1.29, 1.82) is 0 Å². The molecule has 29 heavy (non-hydrogen) atoms. The molecule has 0 unspecified atom stereocenters. The number of aryl methyl sites for hydroxylation is 3. The van der Waals surface area contributed by atoms with Gasteiger partial charge in [-0.15, -0.1) is 0 Å². The Morgan fingerprint density at radius 2 is 1.76 bits per heavy atom. The van der Waals surface area contributed by atoms with Crippen molar-refractivity contribution in [2.75, 3.05) is 17.1 Å². The van der Waals surface area contributed by atoms with Crippen LogP contribution in [0.4, 0.5) is 5.69 Å². The number of anilines is 1. The molecule has 6 heteroatoms. The summed E-state index contributed by atoms with van der Waals surface area (Å²) in [5.74, 6) is -0.0770. The predicted octanol–water partition coefficient (Wildman–Crippen LogP) is 4.34. The third-order valence-electron chi connectivity index (χ3n) is 5.28. The minimum atomic E-state index is -3.43. The fourth-order valence-electron chi connectivity index (χ4n) is 3.56. The number of hydrogen-bond acceptors (Lipinski definition) is 3. The molecule has 1 amide bonds. The molecule has 2 aromatic carbocycles. The average Bonchev–Trinajstić information content (AvgIpc) is 2.60. The molecule has 0 aliphatic heterocycles. The van der Waals surface area contributed by atoms with E-state index in [2.05, 4.69) is 11.4 Å². The van der Waals surface area contributed by atoms with Crippen molar-refractivity contribution in [3.8, 4) is 0 Å². The van der Waals surface area contributed by atoms with Gasteiger partial charge in [-0.3, -0.25) is 9.10 Å². The fraction of sp³-hybridized carbons (Fsp3) is 0.435. The maximum Gasteiger partial charge on any atom is 0.232 e. The van der Waals surface area contributed by atoms with Gasteiger partial charge in [0.05, 0.1) is 18.0 Å². The van der Waals surface area contributed by atoms with E-state index in [0.717, 1.165) is 22.3 Å². The van der Waals surface area contributed by atoms with E-state index in [1.165, 1.54) is 16.1 Å². The maximum atomic E-state index is 12.4. The lowest BCUT2D eigenvalue weighted by atomic mass is 10.00. The van der Waals surface area contributed by atoms with Gasteiger partial charge in [0, 0.05) is 13.0 Å². The first kappa shape index (κ1) is 22.9. The van der Waals surface area contributed by atoms with Crippen LogP contribution in [0.15, 0.2) is 36.4 Å². The van der Waals surface area contributed by atoms with Crippen LogP contribution in [0.5, 0.6) is 0 Å². The van der Waals surface area contributed by atoms with E-state index in [4.69, 9.17) is 0 Å². The van der Waals surface area contributed by atoms with Crippen molar-refractivity contribution in [2.45, 2.75) is 53.5 Å². The van der Waals surface area contributed by atoms with E-state index in [0.29, 0.717) is 12.1 Å². The van der Waals surface area contributed by atoms with Crippen molar-refractivity contribution in [2.24, 2.45) is 0 Å². The maximum absolute atomic E-state index is 12.4. The van der Waals surface area contributed by atoms with Crippen LogP contribution in [0, 0.1) is 27.7 Å². The molecule has 0 aromatic heterocycles. The fourth-order valence-corrected chi connectivity index (χ4v) is 4.57. The van der Waals surface area contributed by atoms with Crippen LogP contribution in [0.1, 0.15) is 53.6 Å². The van der Waals surface area contributed by atoms with Gasteiger partial charge in [0.2, 0.25) is 15.9 Å². The van der Waals surface area contributed by atoms with E-state index < -0.39 is 10.0 Å². The van der Waals surface area contributed by atoms with Crippen molar-refractivity contribution < 1.29 is 13.2 Å². The molecule has 5 nitrogen and oxygen atoms in total. The zero-order valence-corrected chi connectivity index (χ0v) is 19.1. The molecule has 1 N–H and O–H groups in total. The van der Waals surface area contributed by atoms with Gasteiger partial charge >= 0.3 is 0 Å². The Labute approximate surface area is 175 Å². The molecule has 0 bridgehead atoms. The monoisotopic (exact) mass is 416 g/mol. The summed E-state index contributed by atoms with van der Waals surface area (Å²) in [5.41, 5.74) is 6.09. The van der Waals surface area contributed by atoms with E-state index >= 15 is 0 Å². The SMILES string of the molecule is Cc1ccc([C@H](C)NC(=O)CCCN(c2cccc(C)c2C)S(C)(=O)=O)c(C)c1. The minimum absolute atomic E-state index is 0.0770. The summed E-state index contributed by atoms with van der Waals surface area (Å²) in [5, 5.41) is 3.02.